The van der Waals surface area contributed by atoms with E-state index in [1.807, 2.05) is 10.9 Å². The van der Waals surface area contributed by atoms with Gasteiger partial charge >= 0.3 is 0 Å². The molecule has 2 heterocycles. The van der Waals surface area contributed by atoms with Crippen molar-refractivity contribution in [2.75, 3.05) is 13.2 Å². The van der Waals surface area contributed by atoms with Crippen molar-refractivity contribution in [3.8, 4) is 0 Å². The molecule has 0 unspecified atom stereocenters. The van der Waals surface area contributed by atoms with Crippen molar-refractivity contribution in [3.05, 3.63) is 11.9 Å². The molecule has 0 N–H and O–H groups in total. The summed E-state index contributed by atoms with van der Waals surface area (Å²) in [7, 11) is 0. The third-order valence-electron chi connectivity index (χ3n) is 2.27. The fraction of sp³-hybridized carbons (Fsp3) is 0.778. The third kappa shape index (κ3) is 1.58. The van der Waals surface area contributed by atoms with Crippen LogP contribution in [0.15, 0.2) is 6.20 Å². The first kappa shape index (κ1) is 8.69. The van der Waals surface area contributed by atoms with Gasteiger partial charge in [-0.3, -0.25) is 0 Å². The van der Waals surface area contributed by atoms with E-state index >= 15 is 0 Å². The molecule has 1 saturated heterocycles. The van der Waals surface area contributed by atoms with Gasteiger partial charge in [0.05, 0.1) is 18.9 Å². The lowest BCUT2D eigenvalue weighted by Gasteiger charge is -2.25. The van der Waals surface area contributed by atoms with E-state index in [0.29, 0.717) is 6.04 Å². The molecule has 1 aliphatic heterocycles. The Bertz CT molecular complexity index is 296. The molecule has 0 atom stereocenters. The van der Waals surface area contributed by atoms with E-state index < -0.39 is 0 Å². The maximum Gasteiger partial charge on any atom is 0.100 e. The molecule has 72 valence electrons. The summed E-state index contributed by atoms with van der Waals surface area (Å²) in [4.78, 5) is 0. The maximum absolute atomic E-state index is 5.10. The lowest BCUT2D eigenvalue weighted by molar-refractivity contribution is -0.0294. The second kappa shape index (κ2) is 2.80. The standard InChI is InChI=1S/C9H15N3O/c1-9(2,3)8-4-12(11-10-8)7-5-13-6-7/h4,7H,5-6H2,1-3H3. The van der Waals surface area contributed by atoms with Crippen molar-refractivity contribution in [1.82, 2.24) is 15.0 Å². The normalized spacial score (nSPS) is 18.7. The zero-order chi connectivity index (χ0) is 9.47. The zero-order valence-corrected chi connectivity index (χ0v) is 8.32. The predicted molar refractivity (Wildman–Crippen MR) is 48.6 cm³/mol. The molecule has 0 spiro atoms. The van der Waals surface area contributed by atoms with Crippen molar-refractivity contribution in [2.45, 2.75) is 32.2 Å². The molecule has 0 radical (unpaired) electrons. The summed E-state index contributed by atoms with van der Waals surface area (Å²) < 4.78 is 7.00. The minimum Gasteiger partial charge on any atom is -0.377 e. The summed E-state index contributed by atoms with van der Waals surface area (Å²) in [6, 6.07) is 0.406. The molecule has 1 fully saturated rings. The van der Waals surface area contributed by atoms with Gasteiger partial charge in [0.25, 0.3) is 0 Å². The van der Waals surface area contributed by atoms with E-state index in [9.17, 15) is 0 Å². The average molecular weight is 181 g/mol. The Hall–Kier alpha value is -0.900. The van der Waals surface area contributed by atoms with E-state index in [0.717, 1.165) is 18.9 Å². The molecule has 0 bridgehead atoms. The monoisotopic (exact) mass is 181 g/mol. The van der Waals surface area contributed by atoms with Crippen LogP contribution in [0.25, 0.3) is 0 Å². The van der Waals surface area contributed by atoms with E-state index in [1.165, 1.54) is 0 Å². The first-order valence-corrected chi connectivity index (χ1v) is 4.57. The molecule has 1 aliphatic rings. The first-order valence-electron chi connectivity index (χ1n) is 4.57. The Morgan fingerprint density at radius 3 is 2.54 bits per heavy atom. The molecule has 1 aromatic heterocycles. The largest absolute Gasteiger partial charge is 0.377 e. The Morgan fingerprint density at radius 2 is 2.15 bits per heavy atom. The van der Waals surface area contributed by atoms with E-state index in [2.05, 4.69) is 31.1 Å². The third-order valence-corrected chi connectivity index (χ3v) is 2.27. The van der Waals surface area contributed by atoms with Crippen molar-refractivity contribution in [3.63, 3.8) is 0 Å². The Morgan fingerprint density at radius 1 is 1.46 bits per heavy atom. The smallest absolute Gasteiger partial charge is 0.100 e. The number of rotatable bonds is 1. The van der Waals surface area contributed by atoms with Crippen LogP contribution < -0.4 is 0 Å². The number of hydrogen-bond donors (Lipinski definition) is 0. The minimum atomic E-state index is 0.0862. The lowest BCUT2D eigenvalue weighted by atomic mass is 9.93. The minimum absolute atomic E-state index is 0.0862. The SMILES string of the molecule is CC(C)(C)c1cn(C2COC2)nn1. The van der Waals surface area contributed by atoms with Crippen LogP contribution in [0.4, 0.5) is 0 Å². The molecule has 0 aliphatic carbocycles. The second-order valence-corrected chi connectivity index (χ2v) is 4.53. The average Bonchev–Trinajstić information content (AvgIpc) is 2.29. The van der Waals surface area contributed by atoms with Gasteiger partial charge in [0.15, 0.2) is 0 Å². The predicted octanol–water partition coefficient (Wildman–Crippen LogP) is 1.15. The molecule has 0 aromatic carbocycles. The van der Waals surface area contributed by atoms with Crippen molar-refractivity contribution >= 4 is 0 Å². The highest BCUT2D eigenvalue weighted by Gasteiger charge is 2.24. The summed E-state index contributed by atoms with van der Waals surface area (Å²) >= 11 is 0. The summed E-state index contributed by atoms with van der Waals surface area (Å²) in [6.07, 6.45) is 2.02. The maximum atomic E-state index is 5.10. The number of nitrogens with zero attached hydrogens (tertiary/aromatic N) is 3. The number of hydrogen-bond acceptors (Lipinski definition) is 3. The number of aromatic nitrogens is 3. The Labute approximate surface area is 77.9 Å². The first-order chi connectivity index (χ1) is 6.07. The van der Waals surface area contributed by atoms with Crippen LogP contribution in [0.2, 0.25) is 0 Å². The molecular weight excluding hydrogens is 166 g/mol. The van der Waals surface area contributed by atoms with Crippen LogP contribution in [0.1, 0.15) is 32.5 Å². The molecule has 4 nitrogen and oxygen atoms in total. The highest BCUT2D eigenvalue weighted by molar-refractivity contribution is 5.07. The summed E-state index contributed by atoms with van der Waals surface area (Å²) in [5.41, 5.74) is 1.13. The Balaban J connectivity index is 2.17. The fourth-order valence-corrected chi connectivity index (χ4v) is 1.17. The fourth-order valence-electron chi connectivity index (χ4n) is 1.17. The molecule has 13 heavy (non-hydrogen) atoms. The van der Waals surface area contributed by atoms with E-state index in [1.54, 1.807) is 0 Å². The van der Waals surface area contributed by atoms with Crippen LogP contribution in [-0.4, -0.2) is 28.2 Å². The van der Waals surface area contributed by atoms with Gasteiger partial charge in [-0.05, 0) is 0 Å². The van der Waals surface area contributed by atoms with Crippen molar-refractivity contribution in [1.29, 1.82) is 0 Å². The molecule has 2 rings (SSSR count). The zero-order valence-electron chi connectivity index (χ0n) is 8.32. The topological polar surface area (TPSA) is 39.9 Å². The van der Waals surface area contributed by atoms with Crippen LogP contribution in [0.5, 0.6) is 0 Å². The highest BCUT2D eigenvalue weighted by atomic mass is 16.5. The van der Waals surface area contributed by atoms with Gasteiger partial charge in [-0.1, -0.05) is 26.0 Å². The van der Waals surface area contributed by atoms with Crippen molar-refractivity contribution < 1.29 is 4.74 Å². The van der Waals surface area contributed by atoms with Crippen LogP contribution in [0.3, 0.4) is 0 Å². The molecule has 1 aromatic rings. The highest BCUT2D eigenvalue weighted by Crippen LogP contribution is 2.22. The van der Waals surface area contributed by atoms with Crippen LogP contribution >= 0.6 is 0 Å². The molecule has 4 heteroatoms. The van der Waals surface area contributed by atoms with Gasteiger partial charge in [0, 0.05) is 11.6 Å². The summed E-state index contributed by atoms with van der Waals surface area (Å²) in [6.45, 7) is 7.95. The van der Waals surface area contributed by atoms with Gasteiger partial charge in [0.2, 0.25) is 0 Å². The van der Waals surface area contributed by atoms with Crippen LogP contribution in [-0.2, 0) is 10.2 Å². The van der Waals surface area contributed by atoms with Gasteiger partial charge < -0.3 is 4.74 Å². The van der Waals surface area contributed by atoms with E-state index in [4.69, 9.17) is 4.74 Å². The summed E-state index contributed by atoms with van der Waals surface area (Å²) in [5.74, 6) is 0. The van der Waals surface area contributed by atoms with Gasteiger partial charge in [-0.25, -0.2) is 4.68 Å². The number of ether oxygens (including phenoxy) is 1. The van der Waals surface area contributed by atoms with E-state index in [-0.39, 0.29) is 5.41 Å². The molecule has 0 saturated carbocycles. The quantitative estimate of drug-likeness (QED) is 0.652. The van der Waals surface area contributed by atoms with Crippen molar-refractivity contribution in [2.24, 2.45) is 0 Å². The second-order valence-electron chi connectivity index (χ2n) is 4.53. The van der Waals surface area contributed by atoms with Crippen LogP contribution in [0, 0.1) is 0 Å². The van der Waals surface area contributed by atoms with Gasteiger partial charge in [-0.15, -0.1) is 5.10 Å². The van der Waals surface area contributed by atoms with Gasteiger partial charge in [-0.2, -0.15) is 0 Å². The molecule has 0 amide bonds. The Kier molecular flexibility index (Phi) is 1.87. The summed E-state index contributed by atoms with van der Waals surface area (Å²) in [5, 5.41) is 8.24. The van der Waals surface area contributed by atoms with Gasteiger partial charge in [0.1, 0.15) is 6.04 Å². The lowest BCUT2D eigenvalue weighted by Crippen LogP contribution is -2.31. The molecular formula is C9H15N3O.